The number of hydrogen-bond donors (Lipinski definition) is 1. The van der Waals surface area contributed by atoms with E-state index in [-0.39, 0.29) is 30.1 Å². The van der Waals surface area contributed by atoms with Gasteiger partial charge in [0.1, 0.15) is 5.75 Å². The number of hydrogen-bond acceptors (Lipinski definition) is 4. The zero-order valence-electron chi connectivity index (χ0n) is 11.7. The van der Waals surface area contributed by atoms with E-state index < -0.39 is 9.84 Å². The number of nitrogens with one attached hydrogen (secondary N) is 1. The summed E-state index contributed by atoms with van der Waals surface area (Å²) in [4.78, 5) is 11.7. The minimum Gasteiger partial charge on any atom is -0.483 e. The van der Waals surface area contributed by atoms with Crippen LogP contribution in [0.2, 0.25) is 0 Å². The summed E-state index contributed by atoms with van der Waals surface area (Å²) in [7, 11) is -2.98. The summed E-state index contributed by atoms with van der Waals surface area (Å²) in [6.07, 6.45) is 0.484. The van der Waals surface area contributed by atoms with Crippen LogP contribution in [0.15, 0.2) is 18.2 Å². The quantitative estimate of drug-likeness (QED) is 0.899. The van der Waals surface area contributed by atoms with E-state index in [2.05, 4.69) is 5.32 Å². The van der Waals surface area contributed by atoms with Crippen LogP contribution in [0.1, 0.15) is 17.5 Å². The first kappa shape index (κ1) is 14.8. The third-order valence-corrected chi connectivity index (χ3v) is 5.07. The molecule has 1 amide bonds. The van der Waals surface area contributed by atoms with E-state index in [1.807, 2.05) is 32.0 Å². The van der Waals surface area contributed by atoms with Gasteiger partial charge in [0.25, 0.3) is 5.91 Å². The van der Waals surface area contributed by atoms with Crippen molar-refractivity contribution in [3.63, 3.8) is 0 Å². The smallest absolute Gasteiger partial charge is 0.258 e. The van der Waals surface area contributed by atoms with Crippen molar-refractivity contribution in [2.24, 2.45) is 0 Å². The molecule has 1 atom stereocenters. The van der Waals surface area contributed by atoms with Crippen molar-refractivity contribution in [3.8, 4) is 5.75 Å². The van der Waals surface area contributed by atoms with Gasteiger partial charge in [-0.3, -0.25) is 4.79 Å². The lowest BCUT2D eigenvalue weighted by atomic mass is 10.1. The Kier molecular flexibility index (Phi) is 4.32. The van der Waals surface area contributed by atoms with E-state index >= 15 is 0 Å². The normalized spacial score (nSPS) is 20.6. The number of amides is 1. The van der Waals surface area contributed by atoms with Crippen molar-refractivity contribution in [2.75, 3.05) is 18.1 Å². The molecule has 1 unspecified atom stereocenters. The molecule has 2 rings (SSSR count). The van der Waals surface area contributed by atoms with Crippen LogP contribution >= 0.6 is 0 Å². The van der Waals surface area contributed by atoms with Gasteiger partial charge >= 0.3 is 0 Å². The van der Waals surface area contributed by atoms with E-state index in [4.69, 9.17) is 4.74 Å². The van der Waals surface area contributed by atoms with Crippen LogP contribution in [0.4, 0.5) is 0 Å². The van der Waals surface area contributed by atoms with Gasteiger partial charge in [0.05, 0.1) is 11.5 Å². The molecule has 110 valence electrons. The number of aryl methyl sites for hydroxylation is 2. The number of benzene rings is 1. The fourth-order valence-corrected chi connectivity index (χ4v) is 3.86. The lowest BCUT2D eigenvalue weighted by molar-refractivity contribution is -0.123. The highest BCUT2D eigenvalue weighted by Crippen LogP contribution is 2.19. The Morgan fingerprint density at radius 3 is 2.80 bits per heavy atom. The summed E-state index contributed by atoms with van der Waals surface area (Å²) in [5.41, 5.74) is 2.03. The Morgan fingerprint density at radius 2 is 2.15 bits per heavy atom. The van der Waals surface area contributed by atoms with Crippen LogP contribution in [0.5, 0.6) is 5.75 Å². The molecular weight excluding hydrogens is 278 g/mol. The Morgan fingerprint density at radius 1 is 1.40 bits per heavy atom. The summed E-state index contributed by atoms with van der Waals surface area (Å²) in [5, 5.41) is 2.70. The van der Waals surface area contributed by atoms with Crippen LogP contribution in [0, 0.1) is 13.8 Å². The third-order valence-electron chi connectivity index (χ3n) is 3.30. The van der Waals surface area contributed by atoms with Crippen LogP contribution < -0.4 is 10.1 Å². The fraction of sp³-hybridized carbons (Fsp3) is 0.500. The number of sulfone groups is 1. The lowest BCUT2D eigenvalue weighted by Crippen LogP contribution is -2.38. The maximum Gasteiger partial charge on any atom is 0.258 e. The van der Waals surface area contributed by atoms with E-state index in [9.17, 15) is 13.2 Å². The summed E-state index contributed by atoms with van der Waals surface area (Å²) in [6, 6.07) is 5.51. The molecule has 1 saturated heterocycles. The van der Waals surface area contributed by atoms with E-state index in [0.29, 0.717) is 12.2 Å². The number of carbonyl (C=O) groups is 1. The van der Waals surface area contributed by atoms with E-state index in [1.165, 1.54) is 0 Å². The van der Waals surface area contributed by atoms with Crippen molar-refractivity contribution >= 4 is 15.7 Å². The van der Waals surface area contributed by atoms with Gasteiger partial charge in [0.15, 0.2) is 16.4 Å². The highest BCUT2D eigenvalue weighted by molar-refractivity contribution is 7.91. The molecule has 0 aliphatic carbocycles. The predicted molar refractivity (Wildman–Crippen MR) is 76.6 cm³/mol. The molecule has 0 spiro atoms. The summed E-state index contributed by atoms with van der Waals surface area (Å²) in [5.74, 6) is 0.574. The Labute approximate surface area is 119 Å². The fourth-order valence-electron chi connectivity index (χ4n) is 2.18. The number of rotatable bonds is 4. The van der Waals surface area contributed by atoms with Crippen molar-refractivity contribution in [3.05, 3.63) is 29.3 Å². The van der Waals surface area contributed by atoms with E-state index in [1.54, 1.807) is 0 Å². The summed E-state index contributed by atoms with van der Waals surface area (Å²) in [6.45, 7) is 3.77. The van der Waals surface area contributed by atoms with Crippen molar-refractivity contribution < 1.29 is 17.9 Å². The third kappa shape index (κ3) is 3.96. The van der Waals surface area contributed by atoms with Gasteiger partial charge in [-0.25, -0.2) is 8.42 Å². The van der Waals surface area contributed by atoms with Crippen molar-refractivity contribution in [1.29, 1.82) is 0 Å². The summed E-state index contributed by atoms with van der Waals surface area (Å²) < 4.78 is 28.1. The second kappa shape index (κ2) is 5.83. The number of ether oxygens (including phenoxy) is 1. The van der Waals surface area contributed by atoms with Gasteiger partial charge in [-0.05, 0) is 37.5 Å². The standard InChI is InChI=1S/C14H19NO4S/c1-10-3-4-11(2)13(7-10)19-8-14(16)15-12-5-6-20(17,18)9-12/h3-4,7,12H,5-6,8-9H2,1-2H3,(H,15,16). The van der Waals surface area contributed by atoms with Crippen LogP contribution in [-0.2, 0) is 14.6 Å². The average molecular weight is 297 g/mol. The molecule has 20 heavy (non-hydrogen) atoms. The van der Waals surface area contributed by atoms with Crippen LogP contribution in [-0.4, -0.2) is 38.5 Å². The maximum absolute atomic E-state index is 11.7. The second-order valence-electron chi connectivity index (χ2n) is 5.23. The number of carbonyl (C=O) groups excluding carboxylic acids is 1. The van der Waals surface area contributed by atoms with Gasteiger partial charge in [-0.15, -0.1) is 0 Å². The molecule has 0 radical (unpaired) electrons. The Hall–Kier alpha value is -1.56. The molecule has 6 heteroatoms. The average Bonchev–Trinajstić information content (AvgIpc) is 2.70. The zero-order chi connectivity index (χ0) is 14.8. The molecule has 1 aromatic rings. The molecule has 1 fully saturated rings. The zero-order valence-corrected chi connectivity index (χ0v) is 12.5. The van der Waals surface area contributed by atoms with Gasteiger partial charge < -0.3 is 10.1 Å². The molecule has 1 aliphatic rings. The monoisotopic (exact) mass is 297 g/mol. The molecule has 1 aromatic carbocycles. The van der Waals surface area contributed by atoms with Crippen molar-refractivity contribution in [2.45, 2.75) is 26.3 Å². The highest BCUT2D eigenvalue weighted by atomic mass is 32.2. The Bertz CT molecular complexity index is 610. The second-order valence-corrected chi connectivity index (χ2v) is 7.45. The first-order chi connectivity index (χ1) is 9.35. The topological polar surface area (TPSA) is 72.5 Å². The molecule has 0 bridgehead atoms. The largest absolute Gasteiger partial charge is 0.483 e. The minimum absolute atomic E-state index is 0.0300. The van der Waals surface area contributed by atoms with Gasteiger partial charge in [0, 0.05) is 6.04 Å². The van der Waals surface area contributed by atoms with E-state index in [0.717, 1.165) is 11.1 Å². The predicted octanol–water partition coefficient (Wildman–Crippen LogP) is 0.986. The lowest BCUT2D eigenvalue weighted by Gasteiger charge is -2.13. The maximum atomic E-state index is 11.7. The SMILES string of the molecule is Cc1ccc(C)c(OCC(=O)NC2CCS(=O)(=O)C2)c1. The van der Waals surface area contributed by atoms with Gasteiger partial charge in [0.2, 0.25) is 0 Å². The first-order valence-corrected chi connectivity index (χ1v) is 8.38. The highest BCUT2D eigenvalue weighted by Gasteiger charge is 2.28. The van der Waals surface area contributed by atoms with Crippen LogP contribution in [0.25, 0.3) is 0 Å². The molecule has 1 aliphatic heterocycles. The molecule has 0 saturated carbocycles. The molecule has 0 aromatic heterocycles. The van der Waals surface area contributed by atoms with Gasteiger partial charge in [-0.2, -0.15) is 0 Å². The first-order valence-electron chi connectivity index (χ1n) is 6.55. The molecule has 1 N–H and O–H groups in total. The van der Waals surface area contributed by atoms with Crippen LogP contribution in [0.3, 0.4) is 0 Å². The Balaban J connectivity index is 1.85. The van der Waals surface area contributed by atoms with Crippen molar-refractivity contribution in [1.82, 2.24) is 5.32 Å². The molecule has 1 heterocycles. The molecular formula is C14H19NO4S. The minimum atomic E-state index is -2.98. The molecule has 5 nitrogen and oxygen atoms in total. The van der Waals surface area contributed by atoms with Gasteiger partial charge in [-0.1, -0.05) is 12.1 Å². The summed E-state index contributed by atoms with van der Waals surface area (Å²) >= 11 is 0.